The Morgan fingerprint density at radius 3 is 2.50 bits per heavy atom. The van der Waals surface area contributed by atoms with Crippen molar-refractivity contribution in [2.45, 2.75) is 13.3 Å². The van der Waals surface area contributed by atoms with Crippen LogP contribution in [-0.4, -0.2) is 17.9 Å². The topological polar surface area (TPSA) is 39.2 Å². The third-order valence-electron chi connectivity index (χ3n) is 2.74. The SMILES string of the molecule is CCC(=O)c1ccc(-c2ccccc2)nc1OC. The molecule has 0 aliphatic carbocycles. The van der Waals surface area contributed by atoms with Crippen molar-refractivity contribution in [1.29, 1.82) is 0 Å². The van der Waals surface area contributed by atoms with Crippen molar-refractivity contribution in [2.75, 3.05) is 7.11 Å². The lowest BCUT2D eigenvalue weighted by Gasteiger charge is -2.08. The quantitative estimate of drug-likeness (QED) is 0.770. The van der Waals surface area contributed by atoms with Gasteiger partial charge in [-0.3, -0.25) is 4.79 Å². The van der Waals surface area contributed by atoms with Gasteiger partial charge < -0.3 is 4.74 Å². The molecule has 18 heavy (non-hydrogen) atoms. The van der Waals surface area contributed by atoms with Gasteiger partial charge in [0.15, 0.2) is 5.78 Å². The minimum absolute atomic E-state index is 0.0407. The van der Waals surface area contributed by atoms with E-state index in [1.54, 1.807) is 6.07 Å². The molecular formula is C15H15NO2. The molecule has 3 nitrogen and oxygen atoms in total. The summed E-state index contributed by atoms with van der Waals surface area (Å²) in [5, 5.41) is 0. The molecule has 0 aliphatic heterocycles. The maximum atomic E-state index is 11.7. The minimum Gasteiger partial charge on any atom is -0.480 e. The molecule has 0 saturated heterocycles. The third kappa shape index (κ3) is 2.40. The minimum atomic E-state index is 0.0407. The van der Waals surface area contributed by atoms with Crippen LogP contribution in [0.2, 0.25) is 0 Å². The first-order valence-corrected chi connectivity index (χ1v) is 5.90. The number of hydrogen-bond acceptors (Lipinski definition) is 3. The van der Waals surface area contributed by atoms with E-state index in [1.165, 1.54) is 7.11 Å². The molecule has 0 saturated carbocycles. The maximum absolute atomic E-state index is 11.7. The number of Topliss-reactive ketones (excluding diaryl/α,β-unsaturated/α-hetero) is 1. The summed E-state index contributed by atoms with van der Waals surface area (Å²) >= 11 is 0. The van der Waals surface area contributed by atoms with Gasteiger partial charge in [-0.2, -0.15) is 0 Å². The normalized spacial score (nSPS) is 10.1. The van der Waals surface area contributed by atoms with Gasteiger partial charge in [-0.25, -0.2) is 4.98 Å². The highest BCUT2D eigenvalue weighted by Gasteiger charge is 2.13. The van der Waals surface area contributed by atoms with Crippen LogP contribution in [0.5, 0.6) is 5.88 Å². The van der Waals surface area contributed by atoms with Gasteiger partial charge in [-0.1, -0.05) is 37.3 Å². The third-order valence-corrected chi connectivity index (χ3v) is 2.74. The van der Waals surface area contributed by atoms with E-state index in [9.17, 15) is 4.79 Å². The molecule has 2 aromatic rings. The molecule has 0 bridgehead atoms. The number of nitrogens with zero attached hydrogens (tertiary/aromatic N) is 1. The zero-order chi connectivity index (χ0) is 13.0. The first-order chi connectivity index (χ1) is 8.76. The van der Waals surface area contributed by atoms with E-state index in [0.717, 1.165) is 11.3 Å². The molecule has 1 aromatic carbocycles. The van der Waals surface area contributed by atoms with Crippen LogP contribution in [0.1, 0.15) is 23.7 Å². The number of carbonyl (C=O) groups excluding carboxylic acids is 1. The lowest BCUT2D eigenvalue weighted by molar-refractivity contribution is 0.0984. The molecule has 1 aromatic heterocycles. The van der Waals surface area contributed by atoms with Crippen molar-refractivity contribution in [2.24, 2.45) is 0 Å². The summed E-state index contributed by atoms with van der Waals surface area (Å²) in [5.41, 5.74) is 2.35. The number of ketones is 1. The van der Waals surface area contributed by atoms with Gasteiger partial charge in [0.1, 0.15) is 0 Å². The standard InChI is InChI=1S/C15H15NO2/c1-3-14(17)12-9-10-13(16-15(12)18-2)11-7-5-4-6-8-11/h4-10H,3H2,1-2H3. The molecule has 3 heteroatoms. The lowest BCUT2D eigenvalue weighted by Crippen LogP contribution is -2.03. The van der Waals surface area contributed by atoms with Gasteiger partial charge in [0.05, 0.1) is 18.4 Å². The molecule has 0 spiro atoms. The number of benzene rings is 1. The number of hydrogen-bond donors (Lipinski definition) is 0. The summed E-state index contributed by atoms with van der Waals surface area (Å²) in [6.07, 6.45) is 0.447. The van der Waals surface area contributed by atoms with Crippen molar-refractivity contribution < 1.29 is 9.53 Å². The van der Waals surface area contributed by atoms with E-state index in [0.29, 0.717) is 17.9 Å². The number of carbonyl (C=O) groups is 1. The van der Waals surface area contributed by atoms with E-state index < -0.39 is 0 Å². The summed E-state index contributed by atoms with van der Waals surface area (Å²) in [6.45, 7) is 1.83. The van der Waals surface area contributed by atoms with Crippen molar-refractivity contribution in [3.8, 4) is 17.1 Å². The second-order valence-electron chi connectivity index (χ2n) is 3.90. The van der Waals surface area contributed by atoms with Crippen molar-refractivity contribution in [3.05, 3.63) is 48.0 Å². The summed E-state index contributed by atoms with van der Waals surface area (Å²) < 4.78 is 5.20. The predicted molar refractivity (Wildman–Crippen MR) is 70.8 cm³/mol. The summed E-state index contributed by atoms with van der Waals surface area (Å²) in [5.74, 6) is 0.433. The van der Waals surface area contributed by atoms with Crippen LogP contribution in [0.4, 0.5) is 0 Å². The highest BCUT2D eigenvalue weighted by molar-refractivity contribution is 5.98. The van der Waals surface area contributed by atoms with Gasteiger partial charge in [0.25, 0.3) is 0 Å². The molecule has 0 amide bonds. The lowest BCUT2D eigenvalue weighted by atomic mass is 10.1. The Morgan fingerprint density at radius 1 is 1.17 bits per heavy atom. The van der Waals surface area contributed by atoms with Gasteiger partial charge >= 0.3 is 0 Å². The number of pyridine rings is 1. The first-order valence-electron chi connectivity index (χ1n) is 5.90. The molecule has 0 atom stereocenters. The molecule has 1 heterocycles. The zero-order valence-electron chi connectivity index (χ0n) is 10.5. The summed E-state index contributed by atoms with van der Waals surface area (Å²) in [4.78, 5) is 16.1. The highest BCUT2D eigenvalue weighted by Crippen LogP contribution is 2.23. The van der Waals surface area contributed by atoms with Crippen LogP contribution in [0.3, 0.4) is 0 Å². The average molecular weight is 241 g/mol. The Balaban J connectivity index is 2.45. The Kier molecular flexibility index (Phi) is 3.72. The van der Waals surface area contributed by atoms with Crippen LogP contribution in [0.15, 0.2) is 42.5 Å². The monoisotopic (exact) mass is 241 g/mol. The molecule has 0 aliphatic rings. The fraction of sp³-hybridized carbons (Fsp3) is 0.200. The van der Waals surface area contributed by atoms with E-state index in [2.05, 4.69) is 4.98 Å². The molecule has 0 radical (unpaired) electrons. The maximum Gasteiger partial charge on any atom is 0.224 e. The Hall–Kier alpha value is -2.16. The van der Waals surface area contributed by atoms with Gasteiger partial charge in [-0.15, -0.1) is 0 Å². The zero-order valence-corrected chi connectivity index (χ0v) is 10.5. The van der Waals surface area contributed by atoms with Crippen LogP contribution < -0.4 is 4.74 Å². The van der Waals surface area contributed by atoms with Crippen LogP contribution in [-0.2, 0) is 0 Å². The smallest absolute Gasteiger partial charge is 0.224 e. The molecule has 92 valence electrons. The molecule has 0 unspecified atom stereocenters. The fourth-order valence-corrected chi connectivity index (χ4v) is 1.77. The first kappa shape index (κ1) is 12.3. The molecule has 2 rings (SSSR count). The van der Waals surface area contributed by atoms with Crippen LogP contribution in [0.25, 0.3) is 11.3 Å². The Morgan fingerprint density at radius 2 is 1.89 bits per heavy atom. The number of aromatic nitrogens is 1. The Bertz CT molecular complexity index is 550. The van der Waals surface area contributed by atoms with E-state index in [4.69, 9.17) is 4.74 Å². The van der Waals surface area contributed by atoms with E-state index >= 15 is 0 Å². The van der Waals surface area contributed by atoms with E-state index in [-0.39, 0.29) is 5.78 Å². The summed E-state index contributed by atoms with van der Waals surface area (Å²) in [6, 6.07) is 13.4. The van der Waals surface area contributed by atoms with Crippen molar-refractivity contribution in [3.63, 3.8) is 0 Å². The van der Waals surface area contributed by atoms with Crippen LogP contribution in [0, 0.1) is 0 Å². The average Bonchev–Trinajstić information content (AvgIpc) is 2.46. The fourth-order valence-electron chi connectivity index (χ4n) is 1.77. The number of ether oxygens (including phenoxy) is 1. The second kappa shape index (κ2) is 5.45. The molecular weight excluding hydrogens is 226 g/mol. The van der Waals surface area contributed by atoms with Gasteiger partial charge in [0.2, 0.25) is 5.88 Å². The van der Waals surface area contributed by atoms with Crippen molar-refractivity contribution in [1.82, 2.24) is 4.98 Å². The van der Waals surface area contributed by atoms with Crippen molar-refractivity contribution >= 4 is 5.78 Å². The molecule has 0 N–H and O–H groups in total. The summed E-state index contributed by atoms with van der Waals surface area (Å²) in [7, 11) is 1.53. The Labute approximate surface area is 106 Å². The second-order valence-corrected chi connectivity index (χ2v) is 3.90. The molecule has 0 fully saturated rings. The van der Waals surface area contributed by atoms with Gasteiger partial charge in [-0.05, 0) is 12.1 Å². The largest absolute Gasteiger partial charge is 0.480 e. The highest BCUT2D eigenvalue weighted by atomic mass is 16.5. The number of rotatable bonds is 4. The van der Waals surface area contributed by atoms with Crippen LogP contribution >= 0.6 is 0 Å². The predicted octanol–water partition coefficient (Wildman–Crippen LogP) is 3.35. The number of methoxy groups -OCH3 is 1. The van der Waals surface area contributed by atoms with E-state index in [1.807, 2.05) is 43.3 Å². The van der Waals surface area contributed by atoms with Gasteiger partial charge in [0, 0.05) is 12.0 Å².